The number of rotatable bonds is 6. The predicted octanol–water partition coefficient (Wildman–Crippen LogP) is 6.73. The fourth-order valence-electron chi connectivity index (χ4n) is 4.57. The van der Waals surface area contributed by atoms with E-state index in [0.717, 1.165) is 22.4 Å². The number of ether oxygens (including phenoxy) is 1. The van der Waals surface area contributed by atoms with Crippen molar-refractivity contribution in [3.05, 3.63) is 107 Å². The number of halogens is 4. The third-order valence-electron chi connectivity index (χ3n) is 6.50. The van der Waals surface area contributed by atoms with Gasteiger partial charge in [0.1, 0.15) is 10.8 Å². The van der Waals surface area contributed by atoms with Crippen molar-refractivity contribution in [3.8, 4) is 17.0 Å². The molecule has 0 saturated heterocycles. The molecule has 0 spiro atoms. The Morgan fingerprint density at radius 1 is 1.00 bits per heavy atom. The van der Waals surface area contributed by atoms with Crippen molar-refractivity contribution >= 4 is 39.7 Å². The number of methoxy groups -OCH3 is 1. The molecule has 0 bridgehead atoms. The minimum absolute atomic E-state index is 0.00957. The molecule has 0 unspecified atom stereocenters. The van der Waals surface area contributed by atoms with Crippen LogP contribution < -0.4 is 10.1 Å². The molecule has 0 aliphatic rings. The molecule has 12 heteroatoms. The van der Waals surface area contributed by atoms with Crippen molar-refractivity contribution in [1.82, 2.24) is 24.4 Å². The minimum Gasteiger partial charge on any atom is -0.497 e. The zero-order valence-electron chi connectivity index (χ0n) is 21.4. The lowest BCUT2D eigenvalue weighted by Gasteiger charge is -2.11. The molecule has 0 aliphatic heterocycles. The predicted molar refractivity (Wildman–Crippen MR) is 148 cm³/mol. The summed E-state index contributed by atoms with van der Waals surface area (Å²) < 4.78 is 49.5. The van der Waals surface area contributed by atoms with E-state index >= 15 is 0 Å². The average Bonchev–Trinajstić information content (AvgIpc) is 3.55. The van der Waals surface area contributed by atoms with Gasteiger partial charge in [-0.25, -0.2) is 9.50 Å². The Morgan fingerprint density at radius 3 is 2.59 bits per heavy atom. The summed E-state index contributed by atoms with van der Waals surface area (Å²) in [4.78, 5) is 17.4. The Hall–Kier alpha value is -4.90. The van der Waals surface area contributed by atoms with Crippen molar-refractivity contribution in [2.45, 2.75) is 12.7 Å². The van der Waals surface area contributed by atoms with Crippen LogP contribution in [-0.2, 0) is 12.7 Å². The molecule has 0 fully saturated rings. The largest absolute Gasteiger partial charge is 0.497 e. The maximum absolute atomic E-state index is 14.1. The number of aromatic nitrogens is 5. The number of hydrogen-bond donors (Lipinski definition) is 1. The Labute approximate surface area is 236 Å². The average molecular weight is 577 g/mol. The number of alkyl halides is 3. The Bertz CT molecular complexity index is 1930. The van der Waals surface area contributed by atoms with E-state index < -0.39 is 23.5 Å². The van der Waals surface area contributed by atoms with Crippen LogP contribution in [-0.4, -0.2) is 37.4 Å². The second-order valence-electron chi connectivity index (χ2n) is 9.15. The van der Waals surface area contributed by atoms with E-state index in [0.29, 0.717) is 22.4 Å². The van der Waals surface area contributed by atoms with Crippen LogP contribution in [0.5, 0.6) is 5.75 Å². The monoisotopic (exact) mass is 576 g/mol. The highest BCUT2D eigenvalue weighted by Crippen LogP contribution is 2.35. The van der Waals surface area contributed by atoms with E-state index in [9.17, 15) is 18.0 Å². The van der Waals surface area contributed by atoms with Crippen LogP contribution in [0.1, 0.15) is 21.7 Å². The molecule has 0 radical (unpaired) electrons. The molecular formula is C29H20ClF3N6O2. The Balaban J connectivity index is 1.31. The maximum atomic E-state index is 14.1. The number of anilines is 1. The van der Waals surface area contributed by atoms with Crippen LogP contribution in [0.25, 0.3) is 27.7 Å². The minimum atomic E-state index is -4.81. The summed E-state index contributed by atoms with van der Waals surface area (Å²) >= 11 is 6.40. The summed E-state index contributed by atoms with van der Waals surface area (Å²) in [7, 11) is 1.45. The quantitative estimate of drug-likeness (QED) is 0.238. The zero-order valence-corrected chi connectivity index (χ0v) is 22.1. The topological polar surface area (TPSA) is 86.3 Å². The van der Waals surface area contributed by atoms with Crippen molar-refractivity contribution in [1.29, 1.82) is 0 Å². The van der Waals surface area contributed by atoms with Gasteiger partial charge in [0, 0.05) is 17.8 Å². The highest BCUT2D eigenvalue weighted by Gasteiger charge is 2.37. The highest BCUT2D eigenvalue weighted by molar-refractivity contribution is 6.37. The van der Waals surface area contributed by atoms with Gasteiger partial charge in [0.25, 0.3) is 5.91 Å². The first-order valence-corrected chi connectivity index (χ1v) is 12.7. The van der Waals surface area contributed by atoms with Gasteiger partial charge in [0.2, 0.25) is 0 Å². The number of amides is 1. The smallest absolute Gasteiger partial charge is 0.433 e. The standard InChI is InChI=1S/C29H20ClF3N6O2/c1-41-20-10-5-8-18(14-20)22-15-23(29(31,32)33)39-27(34-22)25(30)26(37-39)28(40)35-24-12-13-38(36-24)16-19-9-4-7-17-6-2-3-11-21(17)19/h2-15H,16H2,1H3,(H,35,36,40). The number of nitrogens with one attached hydrogen (secondary N) is 1. The lowest BCUT2D eigenvalue weighted by molar-refractivity contribution is -0.142. The van der Waals surface area contributed by atoms with Gasteiger partial charge in [-0.2, -0.15) is 23.4 Å². The van der Waals surface area contributed by atoms with E-state index in [4.69, 9.17) is 16.3 Å². The first-order chi connectivity index (χ1) is 19.7. The summed E-state index contributed by atoms with van der Waals surface area (Å²) in [6.07, 6.45) is -3.12. The molecule has 8 nitrogen and oxygen atoms in total. The SMILES string of the molecule is COc1cccc(-c2cc(C(F)(F)F)n3nc(C(=O)Nc4ccn(Cc5cccc6ccccc56)n4)c(Cl)c3n2)c1. The lowest BCUT2D eigenvalue weighted by atomic mass is 10.0. The Kier molecular flexibility index (Phi) is 6.58. The van der Waals surface area contributed by atoms with Crippen LogP contribution in [0.4, 0.5) is 19.0 Å². The number of hydrogen-bond acceptors (Lipinski definition) is 5. The van der Waals surface area contributed by atoms with Gasteiger partial charge < -0.3 is 10.1 Å². The summed E-state index contributed by atoms with van der Waals surface area (Å²) in [6, 6.07) is 22.8. The number of carbonyl (C=O) groups excluding carboxylic acids is 1. The number of nitrogens with zero attached hydrogens (tertiary/aromatic N) is 5. The van der Waals surface area contributed by atoms with Gasteiger partial charge in [-0.15, -0.1) is 0 Å². The second kappa shape index (κ2) is 10.3. The molecule has 1 amide bonds. The molecule has 3 heterocycles. The summed E-state index contributed by atoms with van der Waals surface area (Å²) in [5.41, 5.74) is -0.477. The molecule has 41 heavy (non-hydrogen) atoms. The number of fused-ring (bicyclic) bond motifs is 2. The van der Waals surface area contributed by atoms with Crippen molar-refractivity contribution in [2.75, 3.05) is 12.4 Å². The number of benzene rings is 3. The first kappa shape index (κ1) is 26.3. The van der Waals surface area contributed by atoms with Crippen LogP contribution in [0.3, 0.4) is 0 Å². The third kappa shape index (κ3) is 5.07. The van der Waals surface area contributed by atoms with Crippen LogP contribution in [0.15, 0.2) is 85.1 Å². The fourth-order valence-corrected chi connectivity index (χ4v) is 4.81. The van der Waals surface area contributed by atoms with E-state index in [2.05, 4.69) is 20.5 Å². The van der Waals surface area contributed by atoms with Gasteiger partial charge >= 0.3 is 6.18 Å². The molecule has 1 N–H and O–H groups in total. The molecule has 6 rings (SSSR count). The summed E-state index contributed by atoms with van der Waals surface area (Å²) in [5, 5.41) is 12.7. The lowest BCUT2D eigenvalue weighted by Crippen LogP contribution is -2.16. The van der Waals surface area contributed by atoms with Crippen LogP contribution in [0.2, 0.25) is 5.02 Å². The van der Waals surface area contributed by atoms with E-state index in [1.807, 2.05) is 42.5 Å². The van der Waals surface area contributed by atoms with Crippen LogP contribution >= 0.6 is 11.6 Å². The Morgan fingerprint density at radius 2 is 1.78 bits per heavy atom. The molecule has 0 saturated carbocycles. The molecule has 206 valence electrons. The van der Waals surface area contributed by atoms with Crippen molar-refractivity contribution in [3.63, 3.8) is 0 Å². The fraction of sp³-hybridized carbons (Fsp3) is 0.103. The molecule has 0 aliphatic carbocycles. The maximum Gasteiger partial charge on any atom is 0.433 e. The summed E-state index contributed by atoms with van der Waals surface area (Å²) in [5.74, 6) is -0.200. The molecular weight excluding hydrogens is 557 g/mol. The second-order valence-corrected chi connectivity index (χ2v) is 9.52. The first-order valence-electron chi connectivity index (χ1n) is 12.3. The zero-order chi connectivity index (χ0) is 28.7. The normalized spacial score (nSPS) is 11.7. The van der Waals surface area contributed by atoms with E-state index in [1.54, 1.807) is 41.2 Å². The molecule has 0 atom stereocenters. The molecule has 3 aromatic heterocycles. The van der Waals surface area contributed by atoms with Gasteiger partial charge in [-0.05, 0) is 34.5 Å². The van der Waals surface area contributed by atoms with Gasteiger partial charge in [0.05, 0.1) is 19.3 Å². The molecule has 6 aromatic rings. The third-order valence-corrected chi connectivity index (χ3v) is 6.85. The van der Waals surface area contributed by atoms with E-state index in [-0.39, 0.29) is 22.2 Å². The van der Waals surface area contributed by atoms with E-state index in [1.165, 1.54) is 7.11 Å². The van der Waals surface area contributed by atoms with Gasteiger partial charge in [-0.3, -0.25) is 9.48 Å². The summed E-state index contributed by atoms with van der Waals surface area (Å²) in [6.45, 7) is 0.443. The van der Waals surface area contributed by atoms with Crippen molar-refractivity contribution < 1.29 is 22.7 Å². The van der Waals surface area contributed by atoms with Crippen LogP contribution in [0, 0.1) is 0 Å². The number of carbonyl (C=O) groups is 1. The molecule has 3 aromatic carbocycles. The van der Waals surface area contributed by atoms with Gasteiger partial charge in [-0.1, -0.05) is 66.2 Å². The van der Waals surface area contributed by atoms with Crippen molar-refractivity contribution in [2.24, 2.45) is 0 Å². The van der Waals surface area contributed by atoms with Gasteiger partial charge in [0.15, 0.2) is 22.9 Å². The highest BCUT2D eigenvalue weighted by atomic mass is 35.5.